The molecule has 0 aliphatic heterocycles. The molecule has 1 N–H and O–H groups in total. The molecule has 0 radical (unpaired) electrons. The summed E-state index contributed by atoms with van der Waals surface area (Å²) in [6.07, 6.45) is 0. The fourth-order valence-electron chi connectivity index (χ4n) is 2.87. The Morgan fingerprint density at radius 3 is 2.69 bits per heavy atom. The number of aromatic nitrogens is 1. The molecular weight excluding hydrogens is 427 g/mol. The second-order valence-electron chi connectivity index (χ2n) is 6.43. The normalized spacial score (nSPS) is 10.9. The van der Waals surface area contributed by atoms with Crippen LogP contribution in [0.4, 0.5) is 5.69 Å². The molecule has 4 rings (SSSR count). The minimum Gasteiger partial charge on any atom is -0.483 e. The Morgan fingerprint density at radius 2 is 1.93 bits per heavy atom. The first-order valence-electron chi connectivity index (χ1n) is 8.84. The number of benzene rings is 3. The van der Waals surface area contributed by atoms with Gasteiger partial charge in [-0.3, -0.25) is 4.79 Å². The Labute approximate surface area is 182 Å². The van der Waals surface area contributed by atoms with Crippen molar-refractivity contribution in [2.24, 2.45) is 0 Å². The van der Waals surface area contributed by atoms with Crippen molar-refractivity contribution in [1.29, 1.82) is 0 Å². The Bertz CT molecular complexity index is 1170. The molecule has 29 heavy (non-hydrogen) atoms. The predicted octanol–water partition coefficient (Wildman–Crippen LogP) is 6.60. The Balaban J connectivity index is 1.44. The average molecular weight is 443 g/mol. The number of thiazole rings is 1. The molecule has 146 valence electrons. The molecule has 1 aromatic heterocycles. The summed E-state index contributed by atoms with van der Waals surface area (Å²) in [6.45, 7) is 1.76. The van der Waals surface area contributed by atoms with E-state index in [9.17, 15) is 4.79 Å². The number of fused-ring (bicyclic) bond motifs is 1. The molecule has 0 aliphatic rings. The third kappa shape index (κ3) is 4.53. The van der Waals surface area contributed by atoms with Crippen molar-refractivity contribution in [3.05, 3.63) is 76.3 Å². The second kappa shape index (κ2) is 8.41. The Morgan fingerprint density at radius 1 is 1.10 bits per heavy atom. The molecule has 4 aromatic rings. The Hall–Kier alpha value is -2.60. The van der Waals surface area contributed by atoms with Crippen LogP contribution in [0.1, 0.15) is 5.56 Å². The maximum Gasteiger partial charge on any atom is 0.262 e. The minimum absolute atomic E-state index is 0.111. The highest BCUT2D eigenvalue weighted by molar-refractivity contribution is 7.21. The topological polar surface area (TPSA) is 51.2 Å². The number of hydrogen-bond donors (Lipinski definition) is 1. The quantitative estimate of drug-likeness (QED) is 0.378. The lowest BCUT2D eigenvalue weighted by Crippen LogP contribution is -2.20. The molecule has 0 unspecified atom stereocenters. The van der Waals surface area contributed by atoms with Gasteiger partial charge in [0, 0.05) is 16.3 Å². The number of carbonyl (C=O) groups is 1. The first-order chi connectivity index (χ1) is 14.0. The van der Waals surface area contributed by atoms with Gasteiger partial charge in [0.05, 0.1) is 15.2 Å². The zero-order chi connectivity index (χ0) is 20.4. The van der Waals surface area contributed by atoms with Crippen molar-refractivity contribution in [3.63, 3.8) is 0 Å². The summed E-state index contributed by atoms with van der Waals surface area (Å²) in [5.41, 5.74) is 3.24. The van der Waals surface area contributed by atoms with E-state index in [1.807, 2.05) is 37.3 Å². The van der Waals surface area contributed by atoms with E-state index in [1.54, 1.807) is 41.7 Å². The van der Waals surface area contributed by atoms with Crippen LogP contribution in [0.5, 0.6) is 5.75 Å². The van der Waals surface area contributed by atoms with Crippen LogP contribution in [0.25, 0.3) is 20.8 Å². The summed E-state index contributed by atoms with van der Waals surface area (Å²) in [5.74, 6) is 0.344. The highest BCUT2D eigenvalue weighted by Crippen LogP contribution is 2.35. The molecule has 0 bridgehead atoms. The number of nitrogens with zero attached hydrogens (tertiary/aromatic N) is 1. The molecule has 0 fully saturated rings. The number of anilines is 1. The molecule has 0 saturated heterocycles. The molecule has 0 spiro atoms. The lowest BCUT2D eigenvalue weighted by Gasteiger charge is -2.10. The van der Waals surface area contributed by atoms with E-state index >= 15 is 0 Å². The predicted molar refractivity (Wildman–Crippen MR) is 120 cm³/mol. The highest BCUT2D eigenvalue weighted by atomic mass is 35.5. The van der Waals surface area contributed by atoms with E-state index in [1.165, 1.54) is 0 Å². The van der Waals surface area contributed by atoms with E-state index in [2.05, 4.69) is 10.3 Å². The van der Waals surface area contributed by atoms with E-state index in [4.69, 9.17) is 27.9 Å². The maximum atomic E-state index is 12.2. The van der Waals surface area contributed by atoms with Crippen LogP contribution >= 0.6 is 34.5 Å². The molecule has 0 atom stereocenters. The number of nitrogens with one attached hydrogen (secondary N) is 1. The third-order valence-corrected chi connectivity index (χ3v) is 5.89. The van der Waals surface area contributed by atoms with Gasteiger partial charge in [0.15, 0.2) is 6.61 Å². The monoisotopic (exact) mass is 442 g/mol. The van der Waals surface area contributed by atoms with Crippen LogP contribution in [-0.2, 0) is 4.79 Å². The number of ether oxygens (including phenoxy) is 1. The average Bonchev–Trinajstić information content (AvgIpc) is 3.11. The van der Waals surface area contributed by atoms with Crippen molar-refractivity contribution < 1.29 is 9.53 Å². The summed E-state index contributed by atoms with van der Waals surface area (Å²) in [4.78, 5) is 16.9. The number of rotatable bonds is 5. The highest BCUT2D eigenvalue weighted by Gasteiger charge is 2.12. The lowest BCUT2D eigenvalue weighted by atomic mass is 10.2. The van der Waals surface area contributed by atoms with E-state index in [0.29, 0.717) is 21.5 Å². The van der Waals surface area contributed by atoms with Crippen molar-refractivity contribution in [2.75, 3.05) is 11.9 Å². The Kier molecular flexibility index (Phi) is 5.72. The molecule has 0 saturated carbocycles. The van der Waals surface area contributed by atoms with Gasteiger partial charge in [0.1, 0.15) is 10.8 Å². The maximum absolute atomic E-state index is 12.2. The van der Waals surface area contributed by atoms with Crippen molar-refractivity contribution in [3.8, 4) is 16.3 Å². The van der Waals surface area contributed by atoms with Crippen LogP contribution in [-0.4, -0.2) is 17.5 Å². The van der Waals surface area contributed by atoms with Crippen LogP contribution in [0.3, 0.4) is 0 Å². The van der Waals surface area contributed by atoms with Gasteiger partial charge < -0.3 is 10.1 Å². The van der Waals surface area contributed by atoms with Gasteiger partial charge >= 0.3 is 0 Å². The molecule has 1 amide bonds. The van der Waals surface area contributed by atoms with Gasteiger partial charge in [-0.15, -0.1) is 11.3 Å². The van der Waals surface area contributed by atoms with Crippen LogP contribution in [0.15, 0.2) is 60.7 Å². The summed E-state index contributed by atoms with van der Waals surface area (Å²) < 4.78 is 6.67. The zero-order valence-electron chi connectivity index (χ0n) is 15.4. The molecule has 0 aliphatic carbocycles. The molecule has 3 aromatic carbocycles. The van der Waals surface area contributed by atoms with Crippen LogP contribution in [0, 0.1) is 6.92 Å². The van der Waals surface area contributed by atoms with Gasteiger partial charge in [0.2, 0.25) is 0 Å². The minimum atomic E-state index is -0.275. The van der Waals surface area contributed by atoms with Crippen molar-refractivity contribution in [1.82, 2.24) is 4.98 Å². The third-order valence-electron chi connectivity index (χ3n) is 4.27. The van der Waals surface area contributed by atoms with Gasteiger partial charge in [-0.2, -0.15) is 0 Å². The smallest absolute Gasteiger partial charge is 0.262 e. The second-order valence-corrected chi connectivity index (χ2v) is 8.30. The standard InChI is InChI=1S/C22H16Cl2N2O2S/c1-13-10-14(23)6-9-19(13)28-12-21(27)25-15-7-8-16(17(24)11-15)22-26-18-4-2-3-5-20(18)29-22/h2-11H,12H2,1H3,(H,25,27). The number of amides is 1. The SMILES string of the molecule is Cc1cc(Cl)ccc1OCC(=O)Nc1ccc(-c2nc3ccccc3s2)c(Cl)c1. The molecule has 1 heterocycles. The number of aryl methyl sites for hydroxylation is 1. The van der Waals surface area contributed by atoms with Gasteiger partial charge in [-0.25, -0.2) is 4.98 Å². The van der Waals surface area contributed by atoms with Crippen LogP contribution in [0.2, 0.25) is 10.0 Å². The molecule has 7 heteroatoms. The van der Waals surface area contributed by atoms with Crippen LogP contribution < -0.4 is 10.1 Å². The first-order valence-corrected chi connectivity index (χ1v) is 10.4. The largest absolute Gasteiger partial charge is 0.483 e. The van der Waals surface area contributed by atoms with Gasteiger partial charge in [0.25, 0.3) is 5.91 Å². The summed E-state index contributed by atoms with van der Waals surface area (Å²) >= 11 is 14.0. The van der Waals surface area contributed by atoms with E-state index in [-0.39, 0.29) is 12.5 Å². The number of carbonyl (C=O) groups excluding carboxylic acids is 1. The summed E-state index contributed by atoms with van der Waals surface area (Å²) in [6, 6.07) is 18.6. The lowest BCUT2D eigenvalue weighted by molar-refractivity contribution is -0.118. The molecule has 4 nitrogen and oxygen atoms in total. The van der Waals surface area contributed by atoms with Crippen molar-refractivity contribution >= 4 is 56.3 Å². The summed E-state index contributed by atoms with van der Waals surface area (Å²) in [5, 5.41) is 4.79. The number of para-hydroxylation sites is 1. The van der Waals surface area contributed by atoms with Gasteiger partial charge in [-0.1, -0.05) is 35.3 Å². The van der Waals surface area contributed by atoms with E-state index in [0.717, 1.165) is 26.4 Å². The molecular formula is C22H16Cl2N2O2S. The van der Waals surface area contributed by atoms with E-state index < -0.39 is 0 Å². The fraction of sp³-hybridized carbons (Fsp3) is 0.0909. The zero-order valence-corrected chi connectivity index (χ0v) is 17.7. The number of hydrogen-bond acceptors (Lipinski definition) is 4. The fourth-order valence-corrected chi connectivity index (χ4v) is 4.43. The van der Waals surface area contributed by atoms with Gasteiger partial charge in [-0.05, 0) is 61.0 Å². The summed E-state index contributed by atoms with van der Waals surface area (Å²) in [7, 11) is 0. The van der Waals surface area contributed by atoms with Crippen molar-refractivity contribution in [2.45, 2.75) is 6.92 Å². The first kappa shape index (κ1) is 19.7. The number of halogens is 2.